The minimum absolute atomic E-state index is 0.735. The van der Waals surface area contributed by atoms with E-state index >= 15 is 0 Å². The largest absolute Gasteiger partial charge is 0.492 e. The lowest BCUT2D eigenvalue weighted by molar-refractivity contribution is 0.180. The van der Waals surface area contributed by atoms with E-state index in [1.54, 1.807) is 0 Å². The Morgan fingerprint density at radius 3 is 2.67 bits per heavy atom. The standard InChI is InChI=1S/C15H20ClNO/c16-14-8-12(9-17-13-5-6-13)4-7-15(14)18-10-11-2-1-3-11/h4,7-8,11,13,17H,1-3,5-6,9-10H2. The molecule has 2 fully saturated rings. The average Bonchev–Trinajstić information content (AvgIpc) is 3.10. The number of halogens is 1. The third kappa shape index (κ3) is 3.18. The Hall–Kier alpha value is -0.730. The van der Waals surface area contributed by atoms with Gasteiger partial charge in [-0.2, -0.15) is 0 Å². The van der Waals surface area contributed by atoms with Gasteiger partial charge < -0.3 is 10.1 Å². The van der Waals surface area contributed by atoms with Gasteiger partial charge in [-0.25, -0.2) is 0 Å². The zero-order chi connectivity index (χ0) is 12.4. The molecular weight excluding hydrogens is 246 g/mol. The Morgan fingerprint density at radius 1 is 1.22 bits per heavy atom. The quantitative estimate of drug-likeness (QED) is 0.845. The predicted octanol–water partition coefficient (Wildman–Crippen LogP) is 3.77. The van der Waals surface area contributed by atoms with Gasteiger partial charge in [-0.15, -0.1) is 0 Å². The smallest absolute Gasteiger partial charge is 0.137 e. The second-order valence-corrected chi connectivity index (χ2v) is 5.94. The summed E-state index contributed by atoms with van der Waals surface area (Å²) in [5, 5.41) is 4.23. The topological polar surface area (TPSA) is 21.3 Å². The Morgan fingerprint density at radius 2 is 2.06 bits per heavy atom. The van der Waals surface area contributed by atoms with Gasteiger partial charge in [0.1, 0.15) is 5.75 Å². The van der Waals surface area contributed by atoms with Gasteiger partial charge in [0.2, 0.25) is 0 Å². The number of ether oxygens (including phenoxy) is 1. The summed E-state index contributed by atoms with van der Waals surface area (Å²) in [4.78, 5) is 0. The molecule has 0 aliphatic heterocycles. The fourth-order valence-corrected chi connectivity index (χ4v) is 2.45. The van der Waals surface area contributed by atoms with E-state index in [9.17, 15) is 0 Å². The zero-order valence-electron chi connectivity index (χ0n) is 10.6. The predicted molar refractivity (Wildman–Crippen MR) is 74.1 cm³/mol. The van der Waals surface area contributed by atoms with Crippen molar-refractivity contribution >= 4 is 11.6 Å². The van der Waals surface area contributed by atoms with E-state index in [-0.39, 0.29) is 0 Å². The molecule has 2 nitrogen and oxygen atoms in total. The number of nitrogens with one attached hydrogen (secondary N) is 1. The van der Waals surface area contributed by atoms with Crippen LogP contribution in [0.1, 0.15) is 37.7 Å². The van der Waals surface area contributed by atoms with E-state index in [4.69, 9.17) is 16.3 Å². The molecule has 1 aromatic carbocycles. The van der Waals surface area contributed by atoms with Crippen LogP contribution in [0.25, 0.3) is 0 Å². The first kappa shape index (κ1) is 12.3. The highest BCUT2D eigenvalue weighted by molar-refractivity contribution is 6.32. The van der Waals surface area contributed by atoms with Crippen molar-refractivity contribution in [3.63, 3.8) is 0 Å². The van der Waals surface area contributed by atoms with Crippen LogP contribution < -0.4 is 10.1 Å². The molecule has 2 saturated carbocycles. The molecule has 0 radical (unpaired) electrons. The van der Waals surface area contributed by atoms with Crippen LogP contribution in [0.15, 0.2) is 18.2 Å². The second-order valence-electron chi connectivity index (χ2n) is 5.53. The van der Waals surface area contributed by atoms with Crippen molar-refractivity contribution in [3.05, 3.63) is 28.8 Å². The second kappa shape index (κ2) is 5.50. The first-order chi connectivity index (χ1) is 8.81. The van der Waals surface area contributed by atoms with Crippen LogP contribution in [0.4, 0.5) is 0 Å². The van der Waals surface area contributed by atoms with Gasteiger partial charge in [-0.1, -0.05) is 24.1 Å². The highest BCUT2D eigenvalue weighted by Crippen LogP contribution is 2.30. The monoisotopic (exact) mass is 265 g/mol. The summed E-state index contributed by atoms with van der Waals surface area (Å²) in [6.07, 6.45) is 6.60. The van der Waals surface area contributed by atoms with Crippen LogP contribution in [0.3, 0.4) is 0 Å². The van der Waals surface area contributed by atoms with Crippen LogP contribution in [0.2, 0.25) is 5.02 Å². The molecule has 0 spiro atoms. The van der Waals surface area contributed by atoms with E-state index in [2.05, 4.69) is 11.4 Å². The molecular formula is C15H20ClNO. The molecule has 3 heteroatoms. The van der Waals surface area contributed by atoms with E-state index in [0.29, 0.717) is 0 Å². The number of benzene rings is 1. The molecule has 1 N–H and O–H groups in total. The van der Waals surface area contributed by atoms with Gasteiger partial charge in [0.05, 0.1) is 11.6 Å². The van der Waals surface area contributed by atoms with Crippen LogP contribution in [-0.4, -0.2) is 12.6 Å². The summed E-state index contributed by atoms with van der Waals surface area (Å²) in [5.41, 5.74) is 1.24. The number of rotatable bonds is 6. The van der Waals surface area contributed by atoms with Gasteiger partial charge in [0, 0.05) is 12.6 Å². The maximum atomic E-state index is 6.25. The lowest BCUT2D eigenvalue weighted by Crippen LogP contribution is -2.19. The van der Waals surface area contributed by atoms with Gasteiger partial charge in [-0.3, -0.25) is 0 Å². The Balaban J connectivity index is 1.53. The normalized spacial score (nSPS) is 19.6. The molecule has 0 amide bonds. The van der Waals surface area contributed by atoms with Gasteiger partial charge >= 0.3 is 0 Å². The van der Waals surface area contributed by atoms with E-state index in [1.807, 2.05) is 12.1 Å². The van der Waals surface area contributed by atoms with Crippen LogP contribution in [0.5, 0.6) is 5.75 Å². The third-order valence-corrected chi connectivity index (χ3v) is 4.16. The van der Waals surface area contributed by atoms with Crippen molar-refractivity contribution < 1.29 is 4.74 Å². The third-order valence-electron chi connectivity index (χ3n) is 3.87. The summed E-state index contributed by atoms with van der Waals surface area (Å²) >= 11 is 6.25. The van der Waals surface area contributed by atoms with Crippen molar-refractivity contribution in [2.24, 2.45) is 5.92 Å². The molecule has 0 saturated heterocycles. The highest BCUT2D eigenvalue weighted by atomic mass is 35.5. The van der Waals surface area contributed by atoms with Gasteiger partial charge in [0.15, 0.2) is 0 Å². The van der Waals surface area contributed by atoms with Crippen LogP contribution >= 0.6 is 11.6 Å². The lowest BCUT2D eigenvalue weighted by atomic mass is 9.86. The SMILES string of the molecule is Clc1cc(CNC2CC2)ccc1OCC1CCC1. The van der Waals surface area contributed by atoms with Crippen LogP contribution in [-0.2, 0) is 6.54 Å². The van der Waals surface area contributed by atoms with Crippen molar-refractivity contribution in [2.45, 2.75) is 44.7 Å². The highest BCUT2D eigenvalue weighted by Gasteiger charge is 2.20. The number of hydrogen-bond acceptors (Lipinski definition) is 2. The summed E-state index contributed by atoms with van der Waals surface area (Å²) in [7, 11) is 0. The molecule has 18 heavy (non-hydrogen) atoms. The van der Waals surface area contributed by atoms with Gasteiger partial charge in [-0.05, 0) is 49.3 Å². The maximum Gasteiger partial charge on any atom is 0.137 e. The molecule has 0 atom stereocenters. The average molecular weight is 266 g/mol. The van der Waals surface area contributed by atoms with Crippen molar-refractivity contribution in [1.29, 1.82) is 0 Å². The minimum Gasteiger partial charge on any atom is -0.492 e. The summed E-state index contributed by atoms with van der Waals surface area (Å²) in [6, 6.07) is 6.87. The Bertz CT molecular complexity index is 413. The van der Waals surface area contributed by atoms with Gasteiger partial charge in [0.25, 0.3) is 0 Å². The van der Waals surface area contributed by atoms with Crippen LogP contribution in [0, 0.1) is 5.92 Å². The first-order valence-electron chi connectivity index (χ1n) is 6.96. The minimum atomic E-state index is 0.735. The first-order valence-corrected chi connectivity index (χ1v) is 7.33. The van der Waals surface area contributed by atoms with Crippen molar-refractivity contribution in [3.8, 4) is 5.75 Å². The Labute approximate surface area is 114 Å². The molecule has 0 bridgehead atoms. The molecule has 2 aliphatic carbocycles. The molecule has 2 aliphatic rings. The summed E-state index contributed by atoms with van der Waals surface area (Å²) in [5.74, 6) is 1.58. The molecule has 98 valence electrons. The fourth-order valence-electron chi connectivity index (χ4n) is 2.19. The van der Waals surface area contributed by atoms with Crippen molar-refractivity contribution in [1.82, 2.24) is 5.32 Å². The Kier molecular flexibility index (Phi) is 3.76. The van der Waals surface area contributed by atoms with E-state index in [1.165, 1.54) is 37.7 Å². The molecule has 0 aromatic heterocycles. The van der Waals surface area contributed by atoms with E-state index < -0.39 is 0 Å². The van der Waals surface area contributed by atoms with E-state index in [0.717, 1.165) is 35.9 Å². The fraction of sp³-hybridized carbons (Fsp3) is 0.600. The molecule has 1 aromatic rings. The number of hydrogen-bond donors (Lipinski definition) is 1. The van der Waals surface area contributed by atoms with Crippen molar-refractivity contribution in [2.75, 3.05) is 6.61 Å². The molecule has 0 unspecified atom stereocenters. The summed E-state index contributed by atoms with van der Waals surface area (Å²) < 4.78 is 5.78. The lowest BCUT2D eigenvalue weighted by Gasteiger charge is -2.25. The maximum absolute atomic E-state index is 6.25. The molecule has 3 rings (SSSR count). The zero-order valence-corrected chi connectivity index (χ0v) is 11.4. The summed E-state index contributed by atoms with van der Waals surface area (Å²) in [6.45, 7) is 1.73. The molecule has 0 heterocycles.